The molecule has 0 aliphatic heterocycles. The van der Waals surface area contributed by atoms with Gasteiger partial charge in [0.2, 0.25) is 0 Å². The second-order valence-electron chi connectivity index (χ2n) is 4.45. The van der Waals surface area contributed by atoms with Gasteiger partial charge in [-0.05, 0) is 28.7 Å². The molecule has 0 fully saturated rings. The molecule has 0 spiro atoms. The Balaban J connectivity index is 1.77. The number of nitrogens with one attached hydrogen (secondary N) is 2. The highest BCUT2D eigenvalue weighted by Gasteiger charge is 2.14. The van der Waals surface area contributed by atoms with Crippen molar-refractivity contribution in [1.82, 2.24) is 20.2 Å². The summed E-state index contributed by atoms with van der Waals surface area (Å²) in [5.41, 5.74) is 4.97. The summed E-state index contributed by atoms with van der Waals surface area (Å²) in [5.74, 6) is -0.282. The van der Waals surface area contributed by atoms with Crippen molar-refractivity contribution in [2.75, 3.05) is 0 Å². The highest BCUT2D eigenvalue weighted by Crippen LogP contribution is 2.15. The molecule has 0 aliphatic rings. The van der Waals surface area contributed by atoms with Crippen LogP contribution in [0.5, 0.6) is 0 Å². The first-order chi connectivity index (χ1) is 10.2. The number of para-hydroxylation sites is 1. The molecule has 0 bridgehead atoms. The Morgan fingerprint density at radius 2 is 2.29 bits per heavy atom. The molecule has 2 aromatic heterocycles. The topological polar surface area (TPSA) is 75.1 Å². The molecule has 0 saturated carbocycles. The standard InChI is InChI=1S/C14H12IN5O/c1-20-13(11(15)8-18-20)14(21)19-17-7-9-6-16-12-5-3-2-4-10(9)12/h2-8,16H,1H3,(H,19,21)/b17-7-. The van der Waals surface area contributed by atoms with E-state index in [0.717, 1.165) is 20.0 Å². The lowest BCUT2D eigenvalue weighted by Gasteiger charge is -2.00. The van der Waals surface area contributed by atoms with Crippen molar-refractivity contribution in [3.8, 4) is 0 Å². The number of benzene rings is 1. The van der Waals surface area contributed by atoms with Crippen LogP contribution in [0.1, 0.15) is 16.1 Å². The molecule has 21 heavy (non-hydrogen) atoms. The molecule has 3 rings (SSSR count). The van der Waals surface area contributed by atoms with E-state index in [1.165, 1.54) is 4.68 Å². The van der Waals surface area contributed by atoms with Gasteiger partial charge in [0.05, 0.1) is 16.0 Å². The molecule has 0 saturated heterocycles. The van der Waals surface area contributed by atoms with Gasteiger partial charge in [-0.1, -0.05) is 18.2 Å². The van der Waals surface area contributed by atoms with Gasteiger partial charge in [0, 0.05) is 29.7 Å². The fourth-order valence-corrected chi connectivity index (χ4v) is 2.80. The maximum atomic E-state index is 12.0. The molecule has 3 aromatic rings. The van der Waals surface area contributed by atoms with E-state index >= 15 is 0 Å². The molecule has 1 amide bonds. The van der Waals surface area contributed by atoms with Crippen LogP contribution in [0.3, 0.4) is 0 Å². The summed E-state index contributed by atoms with van der Waals surface area (Å²) in [7, 11) is 1.72. The van der Waals surface area contributed by atoms with E-state index in [9.17, 15) is 4.79 Å². The number of carbonyl (C=O) groups is 1. The van der Waals surface area contributed by atoms with E-state index in [2.05, 4.69) is 43.2 Å². The lowest BCUT2D eigenvalue weighted by molar-refractivity contribution is 0.0945. The van der Waals surface area contributed by atoms with Crippen LogP contribution >= 0.6 is 22.6 Å². The van der Waals surface area contributed by atoms with Gasteiger partial charge in [0.1, 0.15) is 5.69 Å². The van der Waals surface area contributed by atoms with Crippen LogP contribution in [0.15, 0.2) is 41.8 Å². The molecule has 1 aromatic carbocycles. The predicted molar refractivity (Wildman–Crippen MR) is 89.3 cm³/mol. The highest BCUT2D eigenvalue weighted by molar-refractivity contribution is 14.1. The number of amides is 1. The lowest BCUT2D eigenvalue weighted by atomic mass is 10.2. The van der Waals surface area contributed by atoms with Gasteiger partial charge in [0.15, 0.2) is 0 Å². The number of H-pyrrole nitrogens is 1. The Hall–Kier alpha value is -2.16. The third kappa shape index (κ3) is 2.68. The Morgan fingerprint density at radius 3 is 3.05 bits per heavy atom. The summed E-state index contributed by atoms with van der Waals surface area (Å²) >= 11 is 2.07. The molecule has 0 unspecified atom stereocenters. The maximum Gasteiger partial charge on any atom is 0.290 e. The summed E-state index contributed by atoms with van der Waals surface area (Å²) in [4.78, 5) is 15.2. The van der Waals surface area contributed by atoms with E-state index in [1.54, 1.807) is 19.5 Å². The number of aromatic nitrogens is 3. The first kappa shape index (κ1) is 13.8. The number of fused-ring (bicyclic) bond motifs is 1. The van der Waals surface area contributed by atoms with Gasteiger partial charge in [-0.3, -0.25) is 9.48 Å². The molecule has 106 valence electrons. The van der Waals surface area contributed by atoms with Crippen molar-refractivity contribution in [2.45, 2.75) is 0 Å². The zero-order chi connectivity index (χ0) is 14.8. The first-order valence-electron chi connectivity index (χ1n) is 6.24. The smallest absolute Gasteiger partial charge is 0.290 e. The third-order valence-electron chi connectivity index (χ3n) is 3.10. The second-order valence-corrected chi connectivity index (χ2v) is 5.62. The molecule has 2 heterocycles. The zero-order valence-corrected chi connectivity index (χ0v) is 13.3. The molecular formula is C14H12IN5O. The fourth-order valence-electron chi connectivity index (χ4n) is 2.08. The monoisotopic (exact) mass is 393 g/mol. The summed E-state index contributed by atoms with van der Waals surface area (Å²) in [6.45, 7) is 0. The number of hydrogen-bond acceptors (Lipinski definition) is 3. The summed E-state index contributed by atoms with van der Waals surface area (Å²) < 4.78 is 2.31. The molecule has 0 atom stereocenters. The van der Waals surface area contributed by atoms with Crippen LogP contribution < -0.4 is 5.43 Å². The van der Waals surface area contributed by atoms with Gasteiger partial charge in [-0.25, -0.2) is 5.43 Å². The van der Waals surface area contributed by atoms with Crippen LogP contribution in [0, 0.1) is 3.57 Å². The van der Waals surface area contributed by atoms with E-state index in [-0.39, 0.29) is 5.91 Å². The largest absolute Gasteiger partial charge is 0.361 e. The van der Waals surface area contributed by atoms with Gasteiger partial charge in [-0.15, -0.1) is 0 Å². The normalized spacial score (nSPS) is 11.3. The fraction of sp³-hybridized carbons (Fsp3) is 0.0714. The lowest BCUT2D eigenvalue weighted by Crippen LogP contribution is -2.21. The second kappa shape index (κ2) is 5.68. The molecule has 2 N–H and O–H groups in total. The quantitative estimate of drug-likeness (QED) is 0.407. The minimum Gasteiger partial charge on any atom is -0.361 e. The zero-order valence-electron chi connectivity index (χ0n) is 11.2. The average Bonchev–Trinajstić information content (AvgIpc) is 3.03. The number of aromatic amines is 1. The molecule has 7 heteroatoms. The van der Waals surface area contributed by atoms with Crippen molar-refractivity contribution < 1.29 is 4.79 Å². The number of carbonyl (C=O) groups excluding carboxylic acids is 1. The van der Waals surface area contributed by atoms with Crippen molar-refractivity contribution in [3.05, 3.63) is 51.5 Å². The molecule has 6 nitrogen and oxygen atoms in total. The number of rotatable bonds is 3. The van der Waals surface area contributed by atoms with Crippen LogP contribution in [0.25, 0.3) is 10.9 Å². The van der Waals surface area contributed by atoms with E-state index < -0.39 is 0 Å². The number of aryl methyl sites for hydroxylation is 1. The predicted octanol–water partition coefficient (Wildman–Crippen LogP) is 2.27. The summed E-state index contributed by atoms with van der Waals surface area (Å²) in [6.07, 6.45) is 5.12. The van der Waals surface area contributed by atoms with Crippen molar-refractivity contribution >= 4 is 45.6 Å². The highest BCUT2D eigenvalue weighted by atomic mass is 127. The minimum absolute atomic E-state index is 0.282. The third-order valence-corrected chi connectivity index (χ3v) is 3.89. The SMILES string of the molecule is Cn1ncc(I)c1C(=O)N/N=C\c1c[nH]c2ccccc12. The van der Waals surface area contributed by atoms with Crippen molar-refractivity contribution in [2.24, 2.45) is 12.1 Å². The van der Waals surface area contributed by atoms with Crippen LogP contribution in [0.4, 0.5) is 0 Å². The van der Waals surface area contributed by atoms with E-state index in [4.69, 9.17) is 0 Å². The van der Waals surface area contributed by atoms with Crippen LogP contribution in [0.2, 0.25) is 0 Å². The van der Waals surface area contributed by atoms with Crippen molar-refractivity contribution in [1.29, 1.82) is 0 Å². The molecule has 0 radical (unpaired) electrons. The summed E-state index contributed by atoms with van der Waals surface area (Å²) in [6, 6.07) is 7.91. The van der Waals surface area contributed by atoms with Crippen LogP contribution in [-0.4, -0.2) is 26.9 Å². The molecular weight excluding hydrogens is 381 g/mol. The number of nitrogens with zero attached hydrogens (tertiary/aromatic N) is 3. The van der Waals surface area contributed by atoms with Crippen LogP contribution in [-0.2, 0) is 7.05 Å². The Labute approximate surface area is 134 Å². The minimum atomic E-state index is -0.282. The first-order valence-corrected chi connectivity index (χ1v) is 7.31. The van der Waals surface area contributed by atoms with Gasteiger partial charge in [-0.2, -0.15) is 10.2 Å². The van der Waals surface area contributed by atoms with E-state index in [0.29, 0.717) is 5.69 Å². The van der Waals surface area contributed by atoms with Gasteiger partial charge in [0.25, 0.3) is 5.91 Å². The van der Waals surface area contributed by atoms with Gasteiger partial charge < -0.3 is 4.98 Å². The maximum absolute atomic E-state index is 12.0. The van der Waals surface area contributed by atoms with E-state index in [1.807, 2.05) is 30.5 Å². The molecule has 0 aliphatic carbocycles. The van der Waals surface area contributed by atoms with Gasteiger partial charge >= 0.3 is 0 Å². The summed E-state index contributed by atoms with van der Waals surface area (Å²) in [5, 5.41) is 9.10. The average molecular weight is 393 g/mol. The Kier molecular flexibility index (Phi) is 3.74. The number of halogens is 1. The number of hydrazone groups is 1. The Morgan fingerprint density at radius 1 is 1.48 bits per heavy atom. The Bertz CT molecular complexity index is 813. The van der Waals surface area contributed by atoms with Crippen molar-refractivity contribution in [3.63, 3.8) is 0 Å². The number of hydrogen-bond donors (Lipinski definition) is 2.